The summed E-state index contributed by atoms with van der Waals surface area (Å²) in [5.41, 5.74) is 3.73. The van der Waals surface area contributed by atoms with Crippen LogP contribution in [0.3, 0.4) is 0 Å². The van der Waals surface area contributed by atoms with Gasteiger partial charge in [0.05, 0.1) is 5.69 Å². The monoisotopic (exact) mass is 301 g/mol. The molecule has 1 N–H and O–H groups in total. The molecule has 0 radical (unpaired) electrons. The molecular formula is C16H16BrN. The highest BCUT2D eigenvalue weighted by Gasteiger charge is 2.18. The van der Waals surface area contributed by atoms with E-state index in [2.05, 4.69) is 51.6 Å². The van der Waals surface area contributed by atoms with Crippen LogP contribution in [0.4, 0.5) is 11.4 Å². The summed E-state index contributed by atoms with van der Waals surface area (Å²) in [4.78, 5) is 0. The first-order valence-corrected chi connectivity index (χ1v) is 7.24. The molecule has 1 nitrogen and oxygen atoms in total. The number of anilines is 2. The number of halogens is 1. The van der Waals surface area contributed by atoms with Crippen molar-refractivity contribution in [1.29, 1.82) is 0 Å². The summed E-state index contributed by atoms with van der Waals surface area (Å²) in [5, 5.41) is 3.43. The Morgan fingerprint density at radius 1 is 0.944 bits per heavy atom. The molecule has 2 aromatic rings. The van der Waals surface area contributed by atoms with Gasteiger partial charge < -0.3 is 5.32 Å². The topological polar surface area (TPSA) is 12.0 Å². The largest absolute Gasteiger partial charge is 0.355 e. The Balaban J connectivity index is 1.75. The molecule has 1 fully saturated rings. The van der Waals surface area contributed by atoms with Crippen molar-refractivity contribution in [1.82, 2.24) is 0 Å². The lowest BCUT2D eigenvalue weighted by atomic mass is 9.80. The van der Waals surface area contributed by atoms with Crippen molar-refractivity contribution in [2.75, 3.05) is 5.32 Å². The zero-order valence-corrected chi connectivity index (χ0v) is 11.8. The highest BCUT2D eigenvalue weighted by molar-refractivity contribution is 9.10. The van der Waals surface area contributed by atoms with Crippen LogP contribution >= 0.6 is 15.9 Å². The average molecular weight is 302 g/mol. The van der Waals surface area contributed by atoms with E-state index in [1.54, 1.807) is 0 Å². The molecule has 1 aliphatic carbocycles. The maximum absolute atomic E-state index is 3.55. The Kier molecular flexibility index (Phi) is 3.37. The smallest absolute Gasteiger partial charge is 0.0528 e. The van der Waals surface area contributed by atoms with Crippen molar-refractivity contribution >= 4 is 27.3 Å². The van der Waals surface area contributed by atoms with Crippen LogP contribution in [0.5, 0.6) is 0 Å². The normalized spacial score (nSPS) is 15.2. The zero-order chi connectivity index (χ0) is 12.4. The van der Waals surface area contributed by atoms with E-state index in [4.69, 9.17) is 0 Å². The van der Waals surface area contributed by atoms with Crippen molar-refractivity contribution in [3.05, 3.63) is 58.6 Å². The Morgan fingerprint density at radius 3 is 2.28 bits per heavy atom. The molecular weight excluding hydrogens is 286 g/mol. The first-order valence-electron chi connectivity index (χ1n) is 6.44. The highest BCUT2D eigenvalue weighted by atomic mass is 79.9. The molecule has 2 heteroatoms. The molecule has 0 bridgehead atoms. The number of nitrogens with one attached hydrogen (secondary N) is 1. The molecule has 0 amide bonds. The molecule has 2 aromatic carbocycles. The van der Waals surface area contributed by atoms with Gasteiger partial charge in [-0.15, -0.1) is 0 Å². The minimum absolute atomic E-state index is 0.808. The van der Waals surface area contributed by atoms with Gasteiger partial charge in [0.2, 0.25) is 0 Å². The van der Waals surface area contributed by atoms with E-state index in [1.165, 1.54) is 24.8 Å². The van der Waals surface area contributed by atoms with E-state index in [9.17, 15) is 0 Å². The SMILES string of the molecule is Brc1ccccc1Nc1ccc(C2CCC2)cc1. The Morgan fingerprint density at radius 2 is 1.67 bits per heavy atom. The van der Waals surface area contributed by atoms with Crippen molar-refractivity contribution in [3.63, 3.8) is 0 Å². The maximum Gasteiger partial charge on any atom is 0.0528 e. The number of hydrogen-bond acceptors (Lipinski definition) is 1. The molecule has 1 aliphatic rings. The van der Waals surface area contributed by atoms with Crippen LogP contribution in [0.2, 0.25) is 0 Å². The Bertz CT molecular complexity index is 529. The van der Waals surface area contributed by atoms with Gasteiger partial charge in [-0.1, -0.05) is 30.7 Å². The summed E-state index contributed by atoms with van der Waals surface area (Å²) in [5.74, 6) is 0.808. The van der Waals surface area contributed by atoms with Gasteiger partial charge in [-0.05, 0) is 64.5 Å². The molecule has 0 aliphatic heterocycles. The van der Waals surface area contributed by atoms with Gasteiger partial charge in [-0.2, -0.15) is 0 Å². The Labute approximate surface area is 116 Å². The molecule has 1 saturated carbocycles. The quantitative estimate of drug-likeness (QED) is 0.793. The summed E-state index contributed by atoms with van der Waals surface area (Å²) in [7, 11) is 0. The number of para-hydroxylation sites is 1. The number of rotatable bonds is 3. The second-order valence-electron chi connectivity index (χ2n) is 4.85. The third-order valence-electron chi connectivity index (χ3n) is 3.64. The lowest BCUT2D eigenvalue weighted by Gasteiger charge is -2.25. The molecule has 0 unspecified atom stereocenters. The Hall–Kier alpha value is -1.28. The first kappa shape index (κ1) is 11.8. The maximum atomic E-state index is 3.55. The van der Waals surface area contributed by atoms with Crippen LogP contribution in [0.25, 0.3) is 0 Å². The summed E-state index contributed by atoms with van der Waals surface area (Å²) in [6.07, 6.45) is 4.11. The van der Waals surface area contributed by atoms with Crippen LogP contribution in [-0.2, 0) is 0 Å². The van der Waals surface area contributed by atoms with Crippen LogP contribution in [0, 0.1) is 0 Å². The van der Waals surface area contributed by atoms with Crippen molar-refractivity contribution in [2.24, 2.45) is 0 Å². The van der Waals surface area contributed by atoms with Crippen LogP contribution in [-0.4, -0.2) is 0 Å². The van der Waals surface area contributed by atoms with Gasteiger partial charge >= 0.3 is 0 Å². The van der Waals surface area contributed by atoms with Crippen LogP contribution < -0.4 is 5.32 Å². The molecule has 92 valence electrons. The fourth-order valence-electron chi connectivity index (χ4n) is 2.30. The van der Waals surface area contributed by atoms with Gasteiger partial charge in [0.25, 0.3) is 0 Å². The molecule has 0 spiro atoms. The lowest BCUT2D eigenvalue weighted by molar-refractivity contribution is 0.420. The summed E-state index contributed by atoms with van der Waals surface area (Å²) < 4.78 is 1.09. The first-order chi connectivity index (χ1) is 8.83. The summed E-state index contributed by atoms with van der Waals surface area (Å²) in [6.45, 7) is 0. The van der Waals surface area contributed by atoms with E-state index in [0.29, 0.717) is 0 Å². The molecule has 18 heavy (non-hydrogen) atoms. The predicted octanol–water partition coefficient (Wildman–Crippen LogP) is 5.46. The van der Waals surface area contributed by atoms with Crippen LogP contribution in [0.1, 0.15) is 30.7 Å². The second kappa shape index (κ2) is 5.15. The van der Waals surface area contributed by atoms with Crippen molar-refractivity contribution < 1.29 is 0 Å². The van der Waals surface area contributed by atoms with Gasteiger partial charge in [0, 0.05) is 10.2 Å². The van der Waals surface area contributed by atoms with E-state index in [1.807, 2.05) is 18.2 Å². The van der Waals surface area contributed by atoms with Gasteiger partial charge in [0.1, 0.15) is 0 Å². The summed E-state index contributed by atoms with van der Waals surface area (Å²) in [6, 6.07) is 17.0. The molecule has 0 saturated heterocycles. The third kappa shape index (κ3) is 2.44. The number of benzene rings is 2. The molecule has 3 rings (SSSR count). The molecule has 0 aromatic heterocycles. The van der Waals surface area contributed by atoms with E-state index in [-0.39, 0.29) is 0 Å². The van der Waals surface area contributed by atoms with E-state index < -0.39 is 0 Å². The zero-order valence-electron chi connectivity index (χ0n) is 10.2. The lowest BCUT2D eigenvalue weighted by Crippen LogP contribution is -2.08. The van der Waals surface area contributed by atoms with E-state index in [0.717, 1.165) is 21.8 Å². The van der Waals surface area contributed by atoms with E-state index >= 15 is 0 Å². The van der Waals surface area contributed by atoms with Gasteiger partial charge in [-0.25, -0.2) is 0 Å². The standard InChI is InChI=1S/C16H16BrN/c17-15-6-1-2-7-16(15)18-14-10-8-13(9-11-14)12-4-3-5-12/h1-2,6-12,18H,3-5H2. The predicted molar refractivity (Wildman–Crippen MR) is 80.5 cm³/mol. The minimum Gasteiger partial charge on any atom is -0.355 e. The molecule has 0 atom stereocenters. The third-order valence-corrected chi connectivity index (χ3v) is 4.33. The average Bonchev–Trinajstić information content (AvgIpc) is 2.32. The van der Waals surface area contributed by atoms with Gasteiger partial charge in [-0.3, -0.25) is 0 Å². The highest BCUT2D eigenvalue weighted by Crippen LogP contribution is 2.36. The van der Waals surface area contributed by atoms with Gasteiger partial charge in [0.15, 0.2) is 0 Å². The van der Waals surface area contributed by atoms with Crippen molar-refractivity contribution in [2.45, 2.75) is 25.2 Å². The number of hydrogen-bond donors (Lipinski definition) is 1. The minimum atomic E-state index is 0.808. The fourth-order valence-corrected chi connectivity index (χ4v) is 2.68. The second-order valence-corrected chi connectivity index (χ2v) is 5.71. The van der Waals surface area contributed by atoms with Crippen LogP contribution in [0.15, 0.2) is 53.0 Å². The van der Waals surface area contributed by atoms with Crippen molar-refractivity contribution in [3.8, 4) is 0 Å². The summed E-state index contributed by atoms with van der Waals surface area (Å²) >= 11 is 3.55. The molecule has 0 heterocycles. The fraction of sp³-hybridized carbons (Fsp3) is 0.250.